The molecule has 0 unspecified atom stereocenters. The number of aliphatic hydroxyl groups excluding tert-OH is 1. The van der Waals surface area contributed by atoms with Crippen LogP contribution in [-0.4, -0.2) is 55.0 Å². The number of ether oxygens (including phenoxy) is 1. The van der Waals surface area contributed by atoms with Crippen LogP contribution in [0.25, 0.3) is 0 Å². The fourth-order valence-corrected chi connectivity index (χ4v) is 3.06. The monoisotopic (exact) mass is 294 g/mol. The van der Waals surface area contributed by atoms with E-state index in [4.69, 9.17) is 4.74 Å². The number of piperazine rings is 1. The lowest BCUT2D eigenvalue weighted by atomic mass is 9.79. The summed E-state index contributed by atoms with van der Waals surface area (Å²) in [4.78, 5) is 2.38. The second-order valence-electron chi connectivity index (χ2n) is 6.26. The van der Waals surface area contributed by atoms with Gasteiger partial charge in [-0.2, -0.15) is 0 Å². The van der Waals surface area contributed by atoms with E-state index in [1.54, 1.807) is 19.2 Å². The third-order valence-corrected chi connectivity index (χ3v) is 4.18. The molecular weight excluding hydrogens is 268 g/mol. The highest BCUT2D eigenvalue weighted by molar-refractivity contribution is 5.42. The highest BCUT2D eigenvalue weighted by Gasteiger charge is 2.37. The van der Waals surface area contributed by atoms with Crippen molar-refractivity contribution in [2.75, 3.05) is 39.9 Å². The molecule has 21 heavy (non-hydrogen) atoms. The summed E-state index contributed by atoms with van der Waals surface area (Å²) in [5.74, 6) is 0.858. The Bertz CT molecular complexity index is 471. The van der Waals surface area contributed by atoms with E-state index >= 15 is 0 Å². The zero-order valence-corrected chi connectivity index (χ0v) is 13.1. The summed E-state index contributed by atoms with van der Waals surface area (Å²) in [7, 11) is 1.61. The maximum absolute atomic E-state index is 9.84. The van der Waals surface area contributed by atoms with E-state index in [0.29, 0.717) is 5.75 Å². The highest BCUT2D eigenvalue weighted by atomic mass is 16.5. The van der Waals surface area contributed by atoms with Crippen LogP contribution in [-0.2, 0) is 0 Å². The Morgan fingerprint density at radius 1 is 1.33 bits per heavy atom. The molecule has 1 heterocycles. The van der Waals surface area contributed by atoms with Gasteiger partial charge in [0, 0.05) is 55.9 Å². The van der Waals surface area contributed by atoms with Gasteiger partial charge in [-0.05, 0) is 6.07 Å². The van der Waals surface area contributed by atoms with E-state index in [2.05, 4.69) is 24.1 Å². The molecule has 0 bridgehead atoms. The first-order valence-corrected chi connectivity index (χ1v) is 7.42. The molecule has 5 nitrogen and oxygen atoms in total. The van der Waals surface area contributed by atoms with Crippen molar-refractivity contribution < 1.29 is 14.9 Å². The molecule has 0 saturated carbocycles. The van der Waals surface area contributed by atoms with Gasteiger partial charge in [-0.1, -0.05) is 19.9 Å². The minimum atomic E-state index is -0.304. The number of phenols is 1. The van der Waals surface area contributed by atoms with Crippen LogP contribution in [0.5, 0.6) is 11.5 Å². The predicted molar refractivity (Wildman–Crippen MR) is 82.7 cm³/mol. The molecule has 5 heteroatoms. The van der Waals surface area contributed by atoms with Crippen LogP contribution in [0.1, 0.15) is 25.5 Å². The smallest absolute Gasteiger partial charge is 0.127 e. The summed E-state index contributed by atoms with van der Waals surface area (Å²) in [6.07, 6.45) is 0. The number of rotatable bonds is 5. The van der Waals surface area contributed by atoms with Gasteiger partial charge in [-0.15, -0.1) is 0 Å². The van der Waals surface area contributed by atoms with Crippen LogP contribution in [0.4, 0.5) is 0 Å². The second-order valence-corrected chi connectivity index (χ2v) is 6.26. The number of phenolic OH excluding ortho intramolecular Hbond substituents is 1. The van der Waals surface area contributed by atoms with Gasteiger partial charge in [-0.3, -0.25) is 4.90 Å². The molecule has 1 saturated heterocycles. The van der Waals surface area contributed by atoms with Crippen molar-refractivity contribution in [2.24, 2.45) is 5.41 Å². The summed E-state index contributed by atoms with van der Waals surface area (Å²) in [5.41, 5.74) is 0.706. The van der Waals surface area contributed by atoms with Crippen molar-refractivity contribution in [2.45, 2.75) is 19.9 Å². The second kappa shape index (κ2) is 6.64. The molecule has 1 aliphatic heterocycles. The zero-order chi connectivity index (χ0) is 15.5. The molecule has 3 N–H and O–H groups in total. The number of aliphatic hydroxyl groups is 1. The standard InChI is InChI=1S/C16H26N2O3/c1-16(2,11-19)15(18-8-6-17-7-9-18)13-5-4-12(20)10-14(13)21-3/h4-5,10,15,17,19-20H,6-9,11H2,1-3H3/t15-/m1/s1. The van der Waals surface area contributed by atoms with E-state index in [9.17, 15) is 10.2 Å². The first-order chi connectivity index (χ1) is 9.99. The lowest BCUT2D eigenvalue weighted by molar-refractivity contribution is 0.0292. The number of nitrogens with zero attached hydrogens (tertiary/aromatic N) is 1. The first kappa shape index (κ1) is 16.1. The van der Waals surface area contributed by atoms with E-state index in [1.807, 2.05) is 6.07 Å². The first-order valence-electron chi connectivity index (χ1n) is 7.42. The number of nitrogens with one attached hydrogen (secondary N) is 1. The van der Waals surface area contributed by atoms with Gasteiger partial charge in [-0.25, -0.2) is 0 Å². The highest BCUT2D eigenvalue weighted by Crippen LogP contribution is 2.42. The van der Waals surface area contributed by atoms with Gasteiger partial charge < -0.3 is 20.3 Å². The van der Waals surface area contributed by atoms with Crippen LogP contribution in [0.3, 0.4) is 0 Å². The van der Waals surface area contributed by atoms with E-state index in [1.165, 1.54) is 0 Å². The summed E-state index contributed by atoms with van der Waals surface area (Å²) in [6.45, 7) is 7.96. The third-order valence-electron chi connectivity index (χ3n) is 4.18. The lowest BCUT2D eigenvalue weighted by Crippen LogP contribution is -2.49. The topological polar surface area (TPSA) is 65.0 Å². The molecule has 118 valence electrons. The molecule has 1 fully saturated rings. The zero-order valence-electron chi connectivity index (χ0n) is 13.1. The molecule has 0 radical (unpaired) electrons. The fraction of sp³-hybridized carbons (Fsp3) is 0.625. The number of hydrogen-bond acceptors (Lipinski definition) is 5. The van der Waals surface area contributed by atoms with Crippen LogP contribution < -0.4 is 10.1 Å². The Morgan fingerprint density at radius 2 is 2.00 bits per heavy atom. The van der Waals surface area contributed by atoms with Crippen molar-refractivity contribution in [1.82, 2.24) is 10.2 Å². The Morgan fingerprint density at radius 3 is 2.57 bits per heavy atom. The van der Waals surface area contributed by atoms with Gasteiger partial charge in [0.25, 0.3) is 0 Å². The van der Waals surface area contributed by atoms with E-state index < -0.39 is 0 Å². The molecule has 0 aliphatic carbocycles. The quantitative estimate of drug-likeness (QED) is 0.765. The molecule has 1 aliphatic rings. The maximum atomic E-state index is 9.84. The summed E-state index contributed by atoms with van der Waals surface area (Å²) in [6, 6.07) is 5.26. The van der Waals surface area contributed by atoms with Crippen molar-refractivity contribution in [3.8, 4) is 11.5 Å². The minimum Gasteiger partial charge on any atom is -0.508 e. The molecule has 0 spiro atoms. The van der Waals surface area contributed by atoms with Gasteiger partial charge in [0.15, 0.2) is 0 Å². The van der Waals surface area contributed by atoms with E-state index in [-0.39, 0.29) is 23.8 Å². The molecule has 1 aromatic carbocycles. The number of methoxy groups -OCH3 is 1. The lowest BCUT2D eigenvalue weighted by Gasteiger charge is -2.43. The average molecular weight is 294 g/mol. The Hall–Kier alpha value is -1.30. The molecule has 2 rings (SSSR count). The van der Waals surface area contributed by atoms with Gasteiger partial charge >= 0.3 is 0 Å². The summed E-state index contributed by atoms with van der Waals surface area (Å²) in [5, 5.41) is 22.9. The van der Waals surface area contributed by atoms with Crippen molar-refractivity contribution in [3.05, 3.63) is 23.8 Å². The summed E-state index contributed by atoms with van der Waals surface area (Å²) >= 11 is 0. The Balaban J connectivity index is 2.43. The molecule has 0 aromatic heterocycles. The molecule has 1 aromatic rings. The number of aromatic hydroxyl groups is 1. The summed E-state index contributed by atoms with van der Waals surface area (Å²) < 4.78 is 5.45. The Labute approximate surface area is 126 Å². The number of hydrogen-bond donors (Lipinski definition) is 3. The van der Waals surface area contributed by atoms with Crippen molar-refractivity contribution in [1.29, 1.82) is 0 Å². The number of benzene rings is 1. The maximum Gasteiger partial charge on any atom is 0.127 e. The Kier molecular flexibility index (Phi) is 5.08. The van der Waals surface area contributed by atoms with Crippen molar-refractivity contribution in [3.63, 3.8) is 0 Å². The predicted octanol–water partition coefficient (Wildman–Crippen LogP) is 1.37. The average Bonchev–Trinajstić information content (AvgIpc) is 2.50. The van der Waals surface area contributed by atoms with Crippen LogP contribution >= 0.6 is 0 Å². The van der Waals surface area contributed by atoms with Crippen molar-refractivity contribution >= 4 is 0 Å². The van der Waals surface area contributed by atoms with Crippen LogP contribution in [0.2, 0.25) is 0 Å². The third kappa shape index (κ3) is 3.48. The minimum absolute atomic E-state index is 0.0418. The SMILES string of the molecule is COc1cc(O)ccc1[C@@H](N1CCNCC1)C(C)(C)CO. The normalized spacial score (nSPS) is 18.5. The van der Waals surface area contributed by atoms with Crippen LogP contribution in [0.15, 0.2) is 18.2 Å². The van der Waals surface area contributed by atoms with Crippen LogP contribution in [0, 0.1) is 5.41 Å². The van der Waals surface area contributed by atoms with E-state index in [0.717, 1.165) is 31.7 Å². The fourth-order valence-electron chi connectivity index (χ4n) is 3.06. The van der Waals surface area contributed by atoms with Gasteiger partial charge in [0.05, 0.1) is 7.11 Å². The molecular formula is C16H26N2O3. The van der Waals surface area contributed by atoms with Gasteiger partial charge in [0.1, 0.15) is 11.5 Å². The molecule has 1 atom stereocenters. The largest absolute Gasteiger partial charge is 0.508 e. The molecule has 0 amide bonds. The van der Waals surface area contributed by atoms with Gasteiger partial charge in [0.2, 0.25) is 0 Å².